The molecule has 6 nitrogen and oxygen atoms in total. The number of unbranched alkanes of at least 4 members (excludes halogenated alkanes) is 26. The molecule has 1 amide bonds. The molecule has 0 saturated heterocycles. The number of carbonyl (C=O) groups is 3. The standard InChI is InChI=1S/C46H85NO5/c1-3-5-7-9-11-13-15-16-17-18-19-20-21-22-24-26-28-33-37-41-46(51)52-43(38-34-30-27-25-23-14-12-10-8-6-4-2)39-35-31-29-32-36-40-44(48)47-42-45(49)50/h16-17,25,27,43H,3-15,18-24,26,28-42H2,1-2H3,(H,47,48)(H,49,50)/b17-16-,27-25-. The van der Waals surface area contributed by atoms with Crippen molar-refractivity contribution >= 4 is 17.8 Å². The zero-order chi connectivity index (χ0) is 38.0. The number of amides is 1. The van der Waals surface area contributed by atoms with Crippen LogP contribution in [0.3, 0.4) is 0 Å². The van der Waals surface area contributed by atoms with E-state index in [9.17, 15) is 14.4 Å². The predicted octanol–water partition coefficient (Wildman–Crippen LogP) is 13.9. The van der Waals surface area contributed by atoms with Crippen molar-refractivity contribution < 1.29 is 24.2 Å². The van der Waals surface area contributed by atoms with E-state index in [-0.39, 0.29) is 24.5 Å². The largest absolute Gasteiger partial charge is 0.480 e. The van der Waals surface area contributed by atoms with Crippen LogP contribution in [-0.2, 0) is 19.1 Å². The second kappa shape index (κ2) is 41.6. The van der Waals surface area contributed by atoms with Crippen molar-refractivity contribution in [1.82, 2.24) is 5.32 Å². The van der Waals surface area contributed by atoms with Gasteiger partial charge in [0.15, 0.2) is 0 Å². The van der Waals surface area contributed by atoms with E-state index in [1.165, 1.54) is 141 Å². The number of rotatable bonds is 41. The molecule has 304 valence electrons. The van der Waals surface area contributed by atoms with Crippen molar-refractivity contribution in [1.29, 1.82) is 0 Å². The Balaban J connectivity index is 4.10. The number of aliphatic carboxylic acids is 1. The quantitative estimate of drug-likeness (QED) is 0.0371. The molecule has 0 rings (SSSR count). The van der Waals surface area contributed by atoms with E-state index in [4.69, 9.17) is 9.84 Å². The second-order valence-corrected chi connectivity index (χ2v) is 15.3. The van der Waals surface area contributed by atoms with Crippen molar-refractivity contribution in [2.24, 2.45) is 0 Å². The summed E-state index contributed by atoms with van der Waals surface area (Å²) in [6, 6.07) is 0. The number of carboxylic acid groups (broad SMARTS) is 1. The average Bonchev–Trinajstić information content (AvgIpc) is 3.13. The third-order valence-electron chi connectivity index (χ3n) is 10.1. The van der Waals surface area contributed by atoms with Crippen LogP contribution in [0.2, 0.25) is 0 Å². The fourth-order valence-corrected chi connectivity index (χ4v) is 6.75. The maximum absolute atomic E-state index is 12.8. The van der Waals surface area contributed by atoms with Gasteiger partial charge in [0, 0.05) is 12.8 Å². The highest BCUT2D eigenvalue weighted by Gasteiger charge is 2.14. The van der Waals surface area contributed by atoms with E-state index < -0.39 is 5.97 Å². The van der Waals surface area contributed by atoms with Gasteiger partial charge in [0.1, 0.15) is 12.6 Å². The molecule has 0 radical (unpaired) electrons. The Labute approximate surface area is 322 Å². The van der Waals surface area contributed by atoms with E-state index >= 15 is 0 Å². The number of nitrogens with one attached hydrogen (secondary N) is 1. The third kappa shape index (κ3) is 40.7. The first-order valence-corrected chi connectivity index (χ1v) is 22.5. The van der Waals surface area contributed by atoms with Crippen LogP contribution in [0.1, 0.15) is 239 Å². The lowest BCUT2D eigenvalue weighted by Gasteiger charge is -2.18. The number of ether oxygens (including phenoxy) is 1. The predicted molar refractivity (Wildman–Crippen MR) is 222 cm³/mol. The van der Waals surface area contributed by atoms with Gasteiger partial charge >= 0.3 is 11.9 Å². The van der Waals surface area contributed by atoms with Crippen LogP contribution in [0, 0.1) is 0 Å². The molecule has 0 aromatic heterocycles. The molecule has 0 spiro atoms. The van der Waals surface area contributed by atoms with E-state index in [2.05, 4.69) is 43.5 Å². The van der Waals surface area contributed by atoms with E-state index in [0.29, 0.717) is 12.8 Å². The van der Waals surface area contributed by atoms with Gasteiger partial charge in [-0.3, -0.25) is 14.4 Å². The number of hydrogen-bond donors (Lipinski definition) is 2. The van der Waals surface area contributed by atoms with Crippen LogP contribution in [0.15, 0.2) is 24.3 Å². The van der Waals surface area contributed by atoms with Crippen molar-refractivity contribution in [2.45, 2.75) is 245 Å². The summed E-state index contributed by atoms with van der Waals surface area (Å²) in [5.74, 6) is -1.24. The van der Waals surface area contributed by atoms with Gasteiger partial charge in [0.25, 0.3) is 0 Å². The summed E-state index contributed by atoms with van der Waals surface area (Å²) in [7, 11) is 0. The van der Waals surface area contributed by atoms with Gasteiger partial charge in [-0.2, -0.15) is 0 Å². The summed E-state index contributed by atoms with van der Waals surface area (Å²) in [6.07, 6.45) is 50.2. The molecular formula is C46H85NO5. The molecular weight excluding hydrogens is 647 g/mol. The van der Waals surface area contributed by atoms with Crippen molar-refractivity contribution in [2.75, 3.05) is 6.54 Å². The first-order valence-electron chi connectivity index (χ1n) is 22.5. The van der Waals surface area contributed by atoms with Crippen LogP contribution in [0.4, 0.5) is 0 Å². The van der Waals surface area contributed by atoms with Crippen molar-refractivity contribution in [3.63, 3.8) is 0 Å². The van der Waals surface area contributed by atoms with Gasteiger partial charge in [0.05, 0.1) is 0 Å². The molecule has 0 fully saturated rings. The zero-order valence-corrected chi connectivity index (χ0v) is 34.4. The van der Waals surface area contributed by atoms with Crippen LogP contribution in [0.5, 0.6) is 0 Å². The van der Waals surface area contributed by atoms with Crippen LogP contribution in [0.25, 0.3) is 0 Å². The lowest BCUT2D eigenvalue weighted by atomic mass is 10.0. The average molecular weight is 732 g/mol. The summed E-state index contributed by atoms with van der Waals surface area (Å²) in [5.41, 5.74) is 0. The Hall–Kier alpha value is -2.11. The Morgan fingerprint density at radius 3 is 1.31 bits per heavy atom. The minimum Gasteiger partial charge on any atom is -0.480 e. The SMILES string of the molecule is CCCCCCCC/C=C\CCCCCCCCCCCC(=O)OC(CCC/C=C\CCCCCCCC)CCCCCCCC(=O)NCC(=O)O. The molecule has 2 N–H and O–H groups in total. The van der Waals surface area contributed by atoms with Crippen molar-refractivity contribution in [3.05, 3.63) is 24.3 Å². The smallest absolute Gasteiger partial charge is 0.322 e. The summed E-state index contributed by atoms with van der Waals surface area (Å²) in [4.78, 5) is 35.0. The third-order valence-corrected chi connectivity index (χ3v) is 10.1. The fraction of sp³-hybridized carbons (Fsp3) is 0.848. The van der Waals surface area contributed by atoms with Crippen LogP contribution in [-0.4, -0.2) is 35.6 Å². The van der Waals surface area contributed by atoms with E-state index in [1.54, 1.807) is 0 Å². The summed E-state index contributed by atoms with van der Waals surface area (Å²) >= 11 is 0. The van der Waals surface area contributed by atoms with Gasteiger partial charge in [-0.25, -0.2) is 0 Å². The highest BCUT2D eigenvalue weighted by Crippen LogP contribution is 2.18. The molecule has 0 aliphatic heterocycles. The topological polar surface area (TPSA) is 92.7 Å². The molecule has 0 bridgehead atoms. The normalized spacial score (nSPS) is 12.2. The van der Waals surface area contributed by atoms with Crippen molar-refractivity contribution in [3.8, 4) is 0 Å². The molecule has 52 heavy (non-hydrogen) atoms. The Kier molecular flexibility index (Phi) is 40.0. The number of carboxylic acids is 1. The van der Waals surface area contributed by atoms with Gasteiger partial charge < -0.3 is 15.2 Å². The lowest BCUT2D eigenvalue weighted by Crippen LogP contribution is -2.28. The number of hydrogen-bond acceptors (Lipinski definition) is 4. The van der Waals surface area contributed by atoms with E-state index in [1.807, 2.05) is 0 Å². The molecule has 0 saturated carbocycles. The molecule has 0 aromatic rings. The molecule has 0 aliphatic rings. The first-order chi connectivity index (χ1) is 25.5. The van der Waals surface area contributed by atoms with Gasteiger partial charge in [-0.1, -0.05) is 167 Å². The molecule has 1 atom stereocenters. The highest BCUT2D eigenvalue weighted by molar-refractivity contribution is 5.80. The Morgan fingerprint density at radius 1 is 0.481 bits per heavy atom. The fourth-order valence-electron chi connectivity index (χ4n) is 6.75. The first kappa shape index (κ1) is 49.9. The van der Waals surface area contributed by atoms with Crippen LogP contribution < -0.4 is 5.32 Å². The monoisotopic (exact) mass is 732 g/mol. The summed E-state index contributed by atoms with van der Waals surface area (Å²) in [6.45, 7) is 4.22. The lowest BCUT2D eigenvalue weighted by molar-refractivity contribution is -0.150. The number of allylic oxidation sites excluding steroid dienone is 4. The number of carbonyl (C=O) groups excluding carboxylic acids is 2. The van der Waals surface area contributed by atoms with E-state index in [0.717, 1.165) is 70.6 Å². The zero-order valence-electron chi connectivity index (χ0n) is 34.4. The summed E-state index contributed by atoms with van der Waals surface area (Å²) < 4.78 is 6.02. The molecule has 1 unspecified atom stereocenters. The Morgan fingerprint density at radius 2 is 0.846 bits per heavy atom. The minimum atomic E-state index is -1.02. The molecule has 0 aliphatic carbocycles. The highest BCUT2D eigenvalue weighted by atomic mass is 16.5. The Bertz CT molecular complexity index is 854. The van der Waals surface area contributed by atoms with Crippen LogP contribution >= 0.6 is 0 Å². The molecule has 0 heterocycles. The van der Waals surface area contributed by atoms with Gasteiger partial charge in [-0.05, 0) is 83.5 Å². The molecule has 6 heteroatoms. The maximum Gasteiger partial charge on any atom is 0.322 e. The second-order valence-electron chi connectivity index (χ2n) is 15.3. The number of esters is 1. The maximum atomic E-state index is 12.8. The minimum absolute atomic E-state index is 0.00271. The summed E-state index contributed by atoms with van der Waals surface area (Å²) in [5, 5.41) is 11.1. The van der Waals surface area contributed by atoms with Gasteiger partial charge in [-0.15, -0.1) is 0 Å². The van der Waals surface area contributed by atoms with Gasteiger partial charge in [0.2, 0.25) is 5.91 Å². The molecule has 0 aromatic carbocycles.